The van der Waals surface area contributed by atoms with Crippen LogP contribution >= 0.6 is 0 Å². The molecule has 44 heavy (non-hydrogen) atoms. The SMILES string of the molecule is CCCCC[C@@H](C(=O)NCNC(=O)c1ccc(-c2cccc(C(C)(C)C(=O)O)c2)o1)[C@@H](CC)N(C=O)OCc1ccccc1. The van der Waals surface area contributed by atoms with Crippen LogP contribution in [0, 0.1) is 5.92 Å². The molecule has 0 spiro atoms. The standard InChI is InChI=1S/C34H43N3O7/c1-5-7-9-17-27(28(6-2)37(23-38)43-21-24-13-10-8-11-14-24)31(39)35-22-36-32(40)30-19-18-29(44-30)25-15-12-16-26(20-25)34(3,4)33(41)42/h8,10-16,18-20,23,27-28H,5-7,9,17,21-22H2,1-4H3,(H,35,39)(H,36,40)(H,41,42)/t27-,28-/m1/s1. The fourth-order valence-corrected chi connectivity index (χ4v) is 4.91. The van der Waals surface area contributed by atoms with Crippen molar-refractivity contribution >= 4 is 24.2 Å². The third kappa shape index (κ3) is 9.03. The molecule has 3 N–H and O–H groups in total. The van der Waals surface area contributed by atoms with Crippen molar-refractivity contribution in [3.63, 3.8) is 0 Å². The Hall–Kier alpha value is -4.44. The first-order valence-corrected chi connectivity index (χ1v) is 15.0. The van der Waals surface area contributed by atoms with E-state index in [-0.39, 0.29) is 24.9 Å². The van der Waals surface area contributed by atoms with Crippen LogP contribution in [0.5, 0.6) is 0 Å². The number of carboxylic acids is 1. The number of aliphatic carboxylic acids is 1. The lowest BCUT2D eigenvalue weighted by molar-refractivity contribution is -0.200. The van der Waals surface area contributed by atoms with Crippen molar-refractivity contribution in [1.82, 2.24) is 15.7 Å². The Bertz CT molecular complexity index is 1390. The van der Waals surface area contributed by atoms with Gasteiger partial charge in [0.2, 0.25) is 12.3 Å². The molecule has 3 rings (SSSR count). The van der Waals surface area contributed by atoms with Gasteiger partial charge in [0.15, 0.2) is 5.76 Å². The van der Waals surface area contributed by atoms with Gasteiger partial charge in [-0.05, 0) is 56.0 Å². The van der Waals surface area contributed by atoms with Crippen molar-refractivity contribution in [2.45, 2.75) is 77.9 Å². The lowest BCUT2D eigenvalue weighted by atomic mass is 9.84. The molecular formula is C34H43N3O7. The Morgan fingerprint density at radius 1 is 1.00 bits per heavy atom. The fraction of sp³-hybridized carbons (Fsp3) is 0.412. The zero-order valence-electron chi connectivity index (χ0n) is 25.9. The highest BCUT2D eigenvalue weighted by Gasteiger charge is 2.32. The number of rotatable bonds is 18. The van der Waals surface area contributed by atoms with Gasteiger partial charge in [0.05, 0.1) is 24.0 Å². The Labute approximate surface area is 258 Å². The first-order chi connectivity index (χ1) is 21.1. The Balaban J connectivity index is 1.63. The quantitative estimate of drug-likeness (QED) is 0.0734. The minimum atomic E-state index is -1.09. The van der Waals surface area contributed by atoms with Gasteiger partial charge in [0.25, 0.3) is 5.91 Å². The average Bonchev–Trinajstić information content (AvgIpc) is 3.53. The van der Waals surface area contributed by atoms with E-state index in [4.69, 9.17) is 9.25 Å². The van der Waals surface area contributed by atoms with Crippen LogP contribution in [-0.2, 0) is 31.2 Å². The lowest BCUT2D eigenvalue weighted by Crippen LogP contribution is -2.48. The van der Waals surface area contributed by atoms with Gasteiger partial charge >= 0.3 is 5.97 Å². The van der Waals surface area contributed by atoms with Crippen molar-refractivity contribution < 1.29 is 33.5 Å². The highest BCUT2D eigenvalue weighted by atomic mass is 16.7. The Morgan fingerprint density at radius 2 is 1.75 bits per heavy atom. The zero-order chi connectivity index (χ0) is 32.1. The number of furan rings is 1. The summed E-state index contributed by atoms with van der Waals surface area (Å²) in [6.07, 6.45) is 4.42. The average molecular weight is 606 g/mol. The maximum atomic E-state index is 13.4. The number of carbonyl (C=O) groups excluding carboxylic acids is 3. The number of benzene rings is 2. The van der Waals surface area contributed by atoms with Crippen molar-refractivity contribution in [2.24, 2.45) is 5.92 Å². The summed E-state index contributed by atoms with van der Waals surface area (Å²) < 4.78 is 5.76. The molecule has 0 unspecified atom stereocenters. The second-order valence-electron chi connectivity index (χ2n) is 11.2. The molecule has 0 aliphatic carbocycles. The Morgan fingerprint density at radius 3 is 2.41 bits per heavy atom. The van der Waals surface area contributed by atoms with E-state index < -0.39 is 29.3 Å². The third-order valence-electron chi connectivity index (χ3n) is 7.74. The van der Waals surface area contributed by atoms with Crippen LogP contribution in [0.2, 0.25) is 0 Å². The fourth-order valence-electron chi connectivity index (χ4n) is 4.91. The van der Waals surface area contributed by atoms with Gasteiger partial charge in [-0.2, -0.15) is 0 Å². The van der Waals surface area contributed by atoms with Crippen LogP contribution in [-0.4, -0.2) is 47.1 Å². The molecule has 3 amide bonds. The van der Waals surface area contributed by atoms with E-state index in [1.807, 2.05) is 37.3 Å². The van der Waals surface area contributed by atoms with Gasteiger partial charge in [-0.25, -0.2) is 5.06 Å². The predicted molar refractivity (Wildman–Crippen MR) is 166 cm³/mol. The van der Waals surface area contributed by atoms with Gasteiger partial charge in [0, 0.05) is 5.56 Å². The number of hydrogen-bond acceptors (Lipinski definition) is 6. The Kier molecular flexibility index (Phi) is 12.7. The van der Waals surface area contributed by atoms with Crippen LogP contribution in [0.25, 0.3) is 11.3 Å². The molecule has 1 aromatic heterocycles. The number of nitrogens with one attached hydrogen (secondary N) is 2. The first kappa shape index (κ1) is 34.1. The van der Waals surface area contributed by atoms with E-state index in [0.29, 0.717) is 36.1 Å². The number of carboxylic acid groups (broad SMARTS) is 1. The number of nitrogens with zero attached hydrogens (tertiary/aromatic N) is 1. The number of unbranched alkanes of at least 4 members (excludes halogenated alkanes) is 2. The molecule has 1 heterocycles. The molecule has 236 valence electrons. The first-order valence-electron chi connectivity index (χ1n) is 15.0. The van der Waals surface area contributed by atoms with E-state index in [0.717, 1.165) is 24.8 Å². The molecule has 2 aromatic carbocycles. The highest BCUT2D eigenvalue weighted by Crippen LogP contribution is 2.29. The van der Waals surface area contributed by atoms with E-state index >= 15 is 0 Å². The highest BCUT2D eigenvalue weighted by molar-refractivity contribution is 5.92. The lowest BCUT2D eigenvalue weighted by Gasteiger charge is -2.32. The summed E-state index contributed by atoms with van der Waals surface area (Å²) in [5, 5.41) is 16.2. The monoisotopic (exact) mass is 605 g/mol. The van der Waals surface area contributed by atoms with Gasteiger partial charge in [-0.1, -0.05) is 81.6 Å². The van der Waals surface area contributed by atoms with Crippen LogP contribution in [0.15, 0.2) is 71.1 Å². The smallest absolute Gasteiger partial charge is 0.313 e. The van der Waals surface area contributed by atoms with Gasteiger partial charge in [-0.3, -0.25) is 24.0 Å². The normalized spacial score (nSPS) is 12.6. The molecule has 10 nitrogen and oxygen atoms in total. The summed E-state index contributed by atoms with van der Waals surface area (Å²) in [6, 6.07) is 19.1. The second kappa shape index (κ2) is 16.4. The molecule has 0 aliphatic heterocycles. The summed E-state index contributed by atoms with van der Waals surface area (Å²) in [5.41, 5.74) is 1.05. The summed E-state index contributed by atoms with van der Waals surface area (Å²) >= 11 is 0. The maximum absolute atomic E-state index is 13.4. The van der Waals surface area contributed by atoms with Crippen LogP contribution in [0.4, 0.5) is 0 Å². The van der Waals surface area contributed by atoms with E-state index in [1.165, 1.54) is 11.1 Å². The molecule has 0 bridgehead atoms. The molecule has 3 aromatic rings. The number of carbonyl (C=O) groups is 4. The minimum absolute atomic E-state index is 0.0459. The van der Waals surface area contributed by atoms with Crippen molar-refractivity contribution in [3.8, 4) is 11.3 Å². The third-order valence-corrected chi connectivity index (χ3v) is 7.74. The van der Waals surface area contributed by atoms with E-state index in [1.54, 1.807) is 44.2 Å². The summed E-state index contributed by atoms with van der Waals surface area (Å²) in [6.45, 7) is 7.28. The minimum Gasteiger partial charge on any atom is -0.481 e. The van der Waals surface area contributed by atoms with Gasteiger partial charge in [-0.15, -0.1) is 0 Å². The molecule has 0 saturated carbocycles. The maximum Gasteiger partial charge on any atom is 0.313 e. The predicted octanol–water partition coefficient (Wildman–Crippen LogP) is 5.68. The van der Waals surface area contributed by atoms with Crippen LogP contribution in [0.1, 0.15) is 81.5 Å². The molecule has 2 atom stereocenters. The second-order valence-corrected chi connectivity index (χ2v) is 11.2. The van der Waals surface area contributed by atoms with E-state index in [9.17, 15) is 24.3 Å². The van der Waals surface area contributed by atoms with Gasteiger partial charge in [0.1, 0.15) is 12.4 Å². The van der Waals surface area contributed by atoms with Crippen LogP contribution in [0.3, 0.4) is 0 Å². The molecule has 0 aliphatic rings. The molecular weight excluding hydrogens is 562 g/mol. The summed E-state index contributed by atoms with van der Waals surface area (Å²) in [4.78, 5) is 55.7. The van der Waals surface area contributed by atoms with Crippen LogP contribution < -0.4 is 10.6 Å². The number of amides is 3. The van der Waals surface area contributed by atoms with Gasteiger partial charge < -0.3 is 20.2 Å². The number of hydroxylamine groups is 2. The molecule has 10 heteroatoms. The zero-order valence-corrected chi connectivity index (χ0v) is 25.9. The molecule has 0 fully saturated rings. The summed E-state index contributed by atoms with van der Waals surface area (Å²) in [7, 11) is 0. The van der Waals surface area contributed by atoms with E-state index in [2.05, 4.69) is 17.6 Å². The van der Waals surface area contributed by atoms with Crippen molar-refractivity contribution in [2.75, 3.05) is 6.67 Å². The van der Waals surface area contributed by atoms with Crippen molar-refractivity contribution in [1.29, 1.82) is 0 Å². The summed E-state index contributed by atoms with van der Waals surface area (Å²) in [5.74, 6) is -1.84. The molecule has 0 radical (unpaired) electrons. The van der Waals surface area contributed by atoms with Crippen molar-refractivity contribution in [3.05, 3.63) is 83.6 Å². The molecule has 0 saturated heterocycles. The largest absolute Gasteiger partial charge is 0.481 e. The number of hydrogen-bond donors (Lipinski definition) is 3. The topological polar surface area (TPSA) is 138 Å².